The fourth-order valence-electron chi connectivity index (χ4n) is 10.3. The molecule has 11 aromatic rings. The molecule has 0 atom stereocenters. The Labute approximate surface area is 362 Å². The van der Waals surface area contributed by atoms with Crippen molar-refractivity contribution in [3.8, 4) is 44.5 Å². The van der Waals surface area contributed by atoms with Crippen molar-refractivity contribution in [3.05, 3.63) is 236 Å². The van der Waals surface area contributed by atoms with Crippen molar-refractivity contribution in [2.45, 2.75) is 19.3 Å². The van der Waals surface area contributed by atoms with Crippen molar-refractivity contribution in [1.29, 1.82) is 0 Å². The number of hydrogen-bond acceptors (Lipinski definition) is 1. The van der Waals surface area contributed by atoms with Gasteiger partial charge < -0.3 is 4.90 Å². The lowest BCUT2D eigenvalue weighted by Gasteiger charge is -2.32. The summed E-state index contributed by atoms with van der Waals surface area (Å²) >= 11 is 0. The molecule has 12 rings (SSSR count). The van der Waals surface area contributed by atoms with E-state index in [9.17, 15) is 0 Å². The Morgan fingerprint density at radius 1 is 0.306 bits per heavy atom. The summed E-state index contributed by atoms with van der Waals surface area (Å²) in [4.78, 5) is 2.55. The van der Waals surface area contributed by atoms with E-state index in [0.717, 1.165) is 11.4 Å². The molecule has 0 radical (unpaired) electrons. The number of rotatable bonds is 6. The van der Waals surface area contributed by atoms with Crippen LogP contribution < -0.4 is 4.90 Å². The second-order valence-electron chi connectivity index (χ2n) is 17.3. The Morgan fingerprint density at radius 3 is 1.56 bits per heavy atom. The molecule has 1 heteroatoms. The highest BCUT2D eigenvalue weighted by Gasteiger charge is 2.36. The number of nitrogens with zero attached hydrogens (tertiary/aromatic N) is 1. The highest BCUT2D eigenvalue weighted by Crippen LogP contribution is 2.53. The molecular formula is C61H43N. The van der Waals surface area contributed by atoms with Crippen LogP contribution in [-0.2, 0) is 5.41 Å². The van der Waals surface area contributed by atoms with E-state index in [1.165, 1.54) is 104 Å². The van der Waals surface area contributed by atoms with Gasteiger partial charge in [0.2, 0.25) is 0 Å². The molecule has 1 aliphatic carbocycles. The smallest absolute Gasteiger partial charge is 0.0624 e. The normalized spacial score (nSPS) is 12.8. The third-order valence-corrected chi connectivity index (χ3v) is 13.4. The van der Waals surface area contributed by atoms with Crippen molar-refractivity contribution in [1.82, 2.24) is 0 Å². The standard InChI is InChI=1S/C61H43N/c1-61(2)57-23-13-12-21-53(57)54-35-34-48(39-58(54)61)62(47-32-30-43(31-33-47)46-29-26-41-16-6-7-17-45(41)38-46)60-49(44-27-24-42(25-28-44)40-14-4-3-5-15-40)36-37-56-52-20-9-8-18-50(52)51-19-10-11-22-55(51)59(56)60/h3-39H,1-2H3. The molecule has 1 nitrogen and oxygen atoms in total. The Hall–Kier alpha value is -7.74. The first kappa shape index (κ1) is 36.1. The summed E-state index contributed by atoms with van der Waals surface area (Å²) in [6.45, 7) is 4.75. The van der Waals surface area contributed by atoms with Crippen molar-refractivity contribution in [2.75, 3.05) is 4.90 Å². The lowest BCUT2D eigenvalue weighted by molar-refractivity contribution is 0.660. The molecule has 0 amide bonds. The lowest BCUT2D eigenvalue weighted by Crippen LogP contribution is -2.17. The van der Waals surface area contributed by atoms with Gasteiger partial charge in [-0.15, -0.1) is 0 Å². The Kier molecular flexibility index (Phi) is 8.27. The molecule has 292 valence electrons. The van der Waals surface area contributed by atoms with E-state index in [4.69, 9.17) is 0 Å². The number of benzene rings is 11. The van der Waals surface area contributed by atoms with Crippen LogP contribution in [0, 0.1) is 0 Å². The fraction of sp³-hybridized carbons (Fsp3) is 0.0492. The van der Waals surface area contributed by atoms with Gasteiger partial charge in [-0.05, 0) is 118 Å². The van der Waals surface area contributed by atoms with Gasteiger partial charge in [-0.2, -0.15) is 0 Å². The van der Waals surface area contributed by atoms with Gasteiger partial charge in [0, 0.05) is 27.7 Å². The van der Waals surface area contributed by atoms with E-state index in [0.29, 0.717) is 0 Å². The average molecular weight is 790 g/mol. The van der Waals surface area contributed by atoms with Crippen LogP contribution in [0.15, 0.2) is 224 Å². The van der Waals surface area contributed by atoms with Gasteiger partial charge in [0.25, 0.3) is 0 Å². The molecule has 0 unspecified atom stereocenters. The van der Waals surface area contributed by atoms with Crippen LogP contribution in [0.5, 0.6) is 0 Å². The number of fused-ring (bicyclic) bond motifs is 10. The van der Waals surface area contributed by atoms with Crippen LogP contribution >= 0.6 is 0 Å². The van der Waals surface area contributed by atoms with Gasteiger partial charge in [0.05, 0.1) is 5.69 Å². The third kappa shape index (κ3) is 5.70. The van der Waals surface area contributed by atoms with Crippen molar-refractivity contribution < 1.29 is 0 Å². The van der Waals surface area contributed by atoms with Crippen LogP contribution in [0.25, 0.3) is 87.6 Å². The zero-order chi connectivity index (χ0) is 41.4. The summed E-state index contributed by atoms with van der Waals surface area (Å²) in [6, 6.07) is 83.2. The Balaban J connectivity index is 1.15. The summed E-state index contributed by atoms with van der Waals surface area (Å²) in [6.07, 6.45) is 0. The maximum absolute atomic E-state index is 2.55. The predicted octanol–water partition coefficient (Wildman–Crippen LogP) is 17.1. The minimum Gasteiger partial charge on any atom is -0.309 e. The van der Waals surface area contributed by atoms with E-state index in [2.05, 4.69) is 243 Å². The molecule has 0 N–H and O–H groups in total. The van der Waals surface area contributed by atoms with Gasteiger partial charge in [-0.1, -0.05) is 208 Å². The molecule has 0 heterocycles. The second-order valence-corrected chi connectivity index (χ2v) is 17.3. The zero-order valence-corrected chi connectivity index (χ0v) is 34.8. The first-order chi connectivity index (χ1) is 30.5. The first-order valence-electron chi connectivity index (χ1n) is 21.7. The minimum atomic E-state index is -0.161. The molecular weight excluding hydrogens is 747 g/mol. The summed E-state index contributed by atoms with van der Waals surface area (Å²) in [7, 11) is 0. The van der Waals surface area contributed by atoms with Crippen LogP contribution in [0.2, 0.25) is 0 Å². The first-order valence-corrected chi connectivity index (χ1v) is 21.7. The van der Waals surface area contributed by atoms with Gasteiger partial charge in [-0.25, -0.2) is 0 Å². The highest BCUT2D eigenvalue weighted by atomic mass is 15.1. The quantitative estimate of drug-likeness (QED) is 0.152. The molecule has 0 fully saturated rings. The minimum absolute atomic E-state index is 0.161. The monoisotopic (exact) mass is 789 g/mol. The van der Waals surface area contributed by atoms with E-state index < -0.39 is 0 Å². The van der Waals surface area contributed by atoms with E-state index in [-0.39, 0.29) is 5.41 Å². The summed E-state index contributed by atoms with van der Waals surface area (Å²) < 4.78 is 0. The SMILES string of the molecule is CC1(C)c2ccccc2-c2ccc(N(c3ccc(-c4ccc5ccccc5c4)cc3)c3c(-c4ccc(-c5ccccc5)cc4)ccc4c5ccccc5c5ccccc5c34)cc21. The molecule has 11 aromatic carbocycles. The van der Waals surface area contributed by atoms with Crippen LogP contribution in [0.4, 0.5) is 17.1 Å². The summed E-state index contributed by atoms with van der Waals surface area (Å²) in [5, 5.41) is 10.00. The molecule has 0 aromatic heterocycles. The zero-order valence-electron chi connectivity index (χ0n) is 34.8. The number of hydrogen-bond donors (Lipinski definition) is 0. The third-order valence-electron chi connectivity index (χ3n) is 13.4. The van der Waals surface area contributed by atoms with E-state index >= 15 is 0 Å². The average Bonchev–Trinajstić information content (AvgIpc) is 3.57. The Bertz CT molecular complexity index is 3490. The number of anilines is 3. The van der Waals surface area contributed by atoms with E-state index in [1.807, 2.05) is 0 Å². The van der Waals surface area contributed by atoms with Gasteiger partial charge in [0.15, 0.2) is 0 Å². The van der Waals surface area contributed by atoms with Crippen molar-refractivity contribution in [3.63, 3.8) is 0 Å². The van der Waals surface area contributed by atoms with Crippen LogP contribution in [0.1, 0.15) is 25.0 Å². The van der Waals surface area contributed by atoms with Gasteiger partial charge in [-0.3, -0.25) is 0 Å². The van der Waals surface area contributed by atoms with E-state index in [1.54, 1.807) is 0 Å². The fourth-order valence-corrected chi connectivity index (χ4v) is 10.3. The van der Waals surface area contributed by atoms with Crippen LogP contribution in [-0.4, -0.2) is 0 Å². The molecule has 62 heavy (non-hydrogen) atoms. The topological polar surface area (TPSA) is 3.24 Å². The Morgan fingerprint density at radius 2 is 0.806 bits per heavy atom. The molecule has 0 aliphatic heterocycles. The molecule has 1 aliphatic rings. The molecule has 0 spiro atoms. The maximum Gasteiger partial charge on any atom is 0.0624 e. The predicted molar refractivity (Wildman–Crippen MR) is 265 cm³/mol. The molecule has 0 saturated heterocycles. The molecule has 0 bridgehead atoms. The highest BCUT2D eigenvalue weighted by molar-refractivity contribution is 6.30. The van der Waals surface area contributed by atoms with Crippen molar-refractivity contribution >= 4 is 60.2 Å². The van der Waals surface area contributed by atoms with Crippen molar-refractivity contribution in [2.24, 2.45) is 0 Å². The maximum atomic E-state index is 2.55. The largest absolute Gasteiger partial charge is 0.309 e. The molecule has 0 saturated carbocycles. The van der Waals surface area contributed by atoms with Crippen LogP contribution in [0.3, 0.4) is 0 Å². The second kappa shape index (κ2) is 14.2. The lowest BCUT2D eigenvalue weighted by atomic mass is 9.82. The van der Waals surface area contributed by atoms with Gasteiger partial charge >= 0.3 is 0 Å². The summed E-state index contributed by atoms with van der Waals surface area (Å²) in [5.41, 5.74) is 15.8. The van der Waals surface area contributed by atoms with Gasteiger partial charge in [0.1, 0.15) is 0 Å². The summed E-state index contributed by atoms with van der Waals surface area (Å²) in [5.74, 6) is 0.